The first-order chi connectivity index (χ1) is 7.74. The summed E-state index contributed by atoms with van der Waals surface area (Å²) in [5, 5.41) is 2.07. The second-order valence-electron chi connectivity index (χ2n) is 4.00. The van der Waals surface area contributed by atoms with Gasteiger partial charge in [0, 0.05) is 16.7 Å². The van der Waals surface area contributed by atoms with Gasteiger partial charge in [-0.15, -0.1) is 11.3 Å². The number of rotatable bonds is 4. The zero-order valence-electron chi connectivity index (χ0n) is 9.57. The van der Waals surface area contributed by atoms with Crippen molar-refractivity contribution in [3.63, 3.8) is 0 Å². The highest BCUT2D eigenvalue weighted by molar-refractivity contribution is 7.10. The molecule has 0 saturated carbocycles. The third-order valence-corrected chi connectivity index (χ3v) is 3.07. The molecule has 0 spiro atoms. The Morgan fingerprint density at radius 2 is 2.31 bits per heavy atom. The summed E-state index contributed by atoms with van der Waals surface area (Å²) in [5.41, 5.74) is 1.29. The second kappa shape index (κ2) is 5.17. The number of hydrogen-bond donors (Lipinski definition) is 0. The van der Waals surface area contributed by atoms with E-state index in [4.69, 9.17) is 4.74 Å². The smallest absolute Gasteiger partial charge is 0.130 e. The predicted octanol–water partition coefficient (Wildman–Crippen LogP) is 3.93. The molecule has 2 aromatic rings. The fourth-order valence-electron chi connectivity index (χ4n) is 1.53. The van der Waals surface area contributed by atoms with Crippen LogP contribution >= 0.6 is 11.3 Å². The summed E-state index contributed by atoms with van der Waals surface area (Å²) < 4.78 is 5.64. The average molecular weight is 231 g/mol. The minimum absolute atomic E-state index is 0.243. The molecule has 1 nitrogen and oxygen atoms in total. The summed E-state index contributed by atoms with van der Waals surface area (Å²) in [5.74, 6) is 0.981. The number of ether oxygens (including phenoxy) is 1. The summed E-state index contributed by atoms with van der Waals surface area (Å²) in [6.45, 7) is 4.09. The molecule has 83 valence electrons. The Labute approximate surface area is 101 Å². The summed E-state index contributed by atoms with van der Waals surface area (Å²) in [6, 6.07) is 13.3. The van der Waals surface area contributed by atoms with Crippen molar-refractivity contribution in [1.29, 1.82) is 0 Å². The van der Waals surface area contributed by atoms with Gasteiger partial charge in [-0.2, -0.15) is 0 Å². The van der Waals surface area contributed by atoms with Crippen molar-refractivity contribution in [1.82, 2.24) is 0 Å². The van der Waals surface area contributed by atoms with Crippen LogP contribution in [0.3, 0.4) is 0 Å². The zero-order chi connectivity index (χ0) is 11.4. The Morgan fingerprint density at radius 3 is 3.00 bits per heavy atom. The van der Waals surface area contributed by atoms with Gasteiger partial charge in [0.2, 0.25) is 0 Å². The average Bonchev–Trinajstić information content (AvgIpc) is 2.66. The fraction of sp³-hybridized carbons (Fsp3) is 0.286. The van der Waals surface area contributed by atoms with Gasteiger partial charge in [0.15, 0.2) is 0 Å². The third-order valence-electron chi connectivity index (χ3n) is 2.15. The molecule has 0 aliphatic heterocycles. The molecule has 2 heteroatoms. The van der Waals surface area contributed by atoms with Crippen LogP contribution in [0.5, 0.6) is 5.75 Å². The van der Waals surface area contributed by atoms with Gasteiger partial charge in [-0.25, -0.2) is 0 Å². The summed E-state index contributed by atoms with van der Waals surface area (Å²) in [7, 11) is 0. The molecular formula is C14H15OS. The highest BCUT2D eigenvalue weighted by Crippen LogP contribution is 2.24. The van der Waals surface area contributed by atoms with Crippen LogP contribution in [0.4, 0.5) is 0 Å². The van der Waals surface area contributed by atoms with E-state index in [1.807, 2.05) is 32.0 Å². The van der Waals surface area contributed by atoms with Crippen molar-refractivity contribution in [2.75, 3.05) is 0 Å². The lowest BCUT2D eigenvalue weighted by Gasteiger charge is -2.05. The van der Waals surface area contributed by atoms with Gasteiger partial charge in [0.25, 0.3) is 0 Å². The first-order valence-electron chi connectivity index (χ1n) is 5.43. The third kappa shape index (κ3) is 3.11. The van der Waals surface area contributed by atoms with E-state index in [1.54, 1.807) is 11.3 Å². The molecule has 0 atom stereocenters. The molecule has 1 aromatic carbocycles. The van der Waals surface area contributed by atoms with Gasteiger partial charge in [-0.1, -0.05) is 24.3 Å². The monoisotopic (exact) mass is 231 g/mol. The Kier molecular flexibility index (Phi) is 3.62. The molecule has 0 N–H and O–H groups in total. The van der Waals surface area contributed by atoms with E-state index in [0.717, 1.165) is 12.2 Å². The van der Waals surface area contributed by atoms with E-state index >= 15 is 0 Å². The van der Waals surface area contributed by atoms with Gasteiger partial charge in [0.1, 0.15) is 5.75 Å². The molecule has 1 aromatic heterocycles. The normalized spacial score (nSPS) is 10.7. The van der Waals surface area contributed by atoms with Gasteiger partial charge in [-0.05, 0) is 31.5 Å². The molecule has 0 unspecified atom stereocenters. The lowest BCUT2D eigenvalue weighted by molar-refractivity contribution is 0.243. The van der Waals surface area contributed by atoms with Crippen LogP contribution in [-0.2, 0) is 6.42 Å². The summed E-state index contributed by atoms with van der Waals surface area (Å²) in [6.07, 6.45) is 1.20. The van der Waals surface area contributed by atoms with Gasteiger partial charge in [0.05, 0.1) is 6.10 Å². The Hall–Kier alpha value is -1.28. The number of hydrogen-bond acceptors (Lipinski definition) is 2. The van der Waals surface area contributed by atoms with E-state index in [-0.39, 0.29) is 6.10 Å². The molecule has 0 aliphatic carbocycles. The molecule has 0 saturated heterocycles. The van der Waals surface area contributed by atoms with E-state index in [1.165, 1.54) is 10.4 Å². The lowest BCUT2D eigenvalue weighted by Crippen LogP contribution is -2.04. The molecule has 1 radical (unpaired) electrons. The van der Waals surface area contributed by atoms with E-state index in [2.05, 4.69) is 23.6 Å². The molecule has 0 amide bonds. The quantitative estimate of drug-likeness (QED) is 0.774. The van der Waals surface area contributed by atoms with Crippen molar-refractivity contribution in [3.05, 3.63) is 52.2 Å². The van der Waals surface area contributed by atoms with Gasteiger partial charge >= 0.3 is 0 Å². The molecule has 0 aliphatic rings. The predicted molar refractivity (Wildman–Crippen MR) is 68.2 cm³/mol. The fourth-order valence-corrected chi connectivity index (χ4v) is 2.35. The number of benzene rings is 1. The topological polar surface area (TPSA) is 9.23 Å². The Bertz CT molecular complexity index is 431. The molecule has 16 heavy (non-hydrogen) atoms. The molecule has 0 bridgehead atoms. The van der Waals surface area contributed by atoms with Crippen molar-refractivity contribution in [2.45, 2.75) is 26.4 Å². The Morgan fingerprint density at radius 1 is 1.44 bits per heavy atom. The van der Waals surface area contributed by atoms with Crippen LogP contribution in [0.25, 0.3) is 0 Å². The maximum absolute atomic E-state index is 5.64. The van der Waals surface area contributed by atoms with Crippen LogP contribution in [0, 0.1) is 6.07 Å². The minimum Gasteiger partial charge on any atom is -0.490 e. The standard InChI is InChI=1S/C14H15OS/c1-11(2)15-13-9-14(16-10-13)8-12-6-4-3-5-7-12/h3-4,6-7,9-11H,8H2,1-2H3. The molecule has 0 fully saturated rings. The highest BCUT2D eigenvalue weighted by Gasteiger charge is 2.03. The van der Waals surface area contributed by atoms with E-state index < -0.39 is 0 Å². The minimum atomic E-state index is 0.243. The van der Waals surface area contributed by atoms with Crippen LogP contribution in [0.15, 0.2) is 35.7 Å². The van der Waals surface area contributed by atoms with Crippen molar-refractivity contribution in [2.24, 2.45) is 0 Å². The molecule has 2 rings (SSSR count). The zero-order valence-corrected chi connectivity index (χ0v) is 10.4. The van der Waals surface area contributed by atoms with Crippen LogP contribution in [-0.4, -0.2) is 6.10 Å². The molecule has 1 heterocycles. The largest absolute Gasteiger partial charge is 0.490 e. The molecular weight excluding hydrogens is 216 g/mol. The summed E-state index contributed by atoms with van der Waals surface area (Å²) in [4.78, 5) is 1.33. The maximum Gasteiger partial charge on any atom is 0.130 e. The Balaban J connectivity index is 2.03. The van der Waals surface area contributed by atoms with Crippen molar-refractivity contribution < 1.29 is 4.74 Å². The van der Waals surface area contributed by atoms with Crippen LogP contribution in [0.1, 0.15) is 24.3 Å². The van der Waals surface area contributed by atoms with Crippen molar-refractivity contribution in [3.8, 4) is 5.75 Å². The lowest BCUT2D eigenvalue weighted by atomic mass is 10.1. The van der Waals surface area contributed by atoms with Gasteiger partial charge in [-0.3, -0.25) is 0 Å². The number of thiophene rings is 1. The highest BCUT2D eigenvalue weighted by atomic mass is 32.1. The maximum atomic E-state index is 5.64. The SMILES string of the molecule is CC(C)Oc1csc(Cc2c[c]ccc2)c1. The van der Waals surface area contributed by atoms with E-state index in [0.29, 0.717) is 0 Å². The second-order valence-corrected chi connectivity index (χ2v) is 5.00. The summed E-state index contributed by atoms with van der Waals surface area (Å²) >= 11 is 1.75. The van der Waals surface area contributed by atoms with Crippen LogP contribution in [0.2, 0.25) is 0 Å². The van der Waals surface area contributed by atoms with Crippen LogP contribution < -0.4 is 4.74 Å². The van der Waals surface area contributed by atoms with E-state index in [9.17, 15) is 0 Å². The van der Waals surface area contributed by atoms with Gasteiger partial charge < -0.3 is 4.74 Å². The first-order valence-corrected chi connectivity index (χ1v) is 6.31. The van der Waals surface area contributed by atoms with Crippen molar-refractivity contribution >= 4 is 11.3 Å². The first kappa shape index (κ1) is 11.2.